The van der Waals surface area contributed by atoms with Crippen molar-refractivity contribution in [3.8, 4) is 11.5 Å². The van der Waals surface area contributed by atoms with E-state index in [1.54, 1.807) is 37.7 Å². The van der Waals surface area contributed by atoms with Crippen molar-refractivity contribution in [3.63, 3.8) is 0 Å². The zero-order valence-electron chi connectivity index (χ0n) is 10.3. The minimum absolute atomic E-state index is 0.573. The smallest absolute Gasteiger partial charge is 0.163 e. The van der Waals surface area contributed by atoms with E-state index < -0.39 is 0 Å². The van der Waals surface area contributed by atoms with Crippen molar-refractivity contribution in [2.75, 3.05) is 19.5 Å². The standard InChI is InChI=1S/C14H16N2O2/c1-17-13-3-2-12(15)10-14(13)18-9-6-11-4-7-16-8-5-11/h2-5,7-8,10H,6,9,15H2,1H3. The van der Waals surface area contributed by atoms with Crippen LogP contribution in [0.3, 0.4) is 0 Å². The van der Waals surface area contributed by atoms with Gasteiger partial charge in [-0.2, -0.15) is 0 Å². The second-order valence-electron chi connectivity index (χ2n) is 3.86. The van der Waals surface area contributed by atoms with E-state index in [1.165, 1.54) is 5.56 Å². The zero-order chi connectivity index (χ0) is 12.8. The highest BCUT2D eigenvalue weighted by atomic mass is 16.5. The summed E-state index contributed by atoms with van der Waals surface area (Å²) in [6.07, 6.45) is 4.37. The minimum atomic E-state index is 0.573. The molecule has 0 atom stereocenters. The van der Waals surface area contributed by atoms with E-state index in [4.69, 9.17) is 15.2 Å². The van der Waals surface area contributed by atoms with Crippen LogP contribution in [0.25, 0.3) is 0 Å². The summed E-state index contributed by atoms with van der Waals surface area (Å²) in [5, 5.41) is 0. The molecule has 0 aliphatic carbocycles. The summed E-state index contributed by atoms with van der Waals surface area (Å²) in [4.78, 5) is 3.97. The van der Waals surface area contributed by atoms with Crippen LogP contribution in [-0.2, 0) is 6.42 Å². The average Bonchev–Trinajstić information content (AvgIpc) is 2.40. The summed E-state index contributed by atoms with van der Waals surface area (Å²) in [5.41, 5.74) is 7.57. The summed E-state index contributed by atoms with van der Waals surface area (Å²) >= 11 is 0. The first-order valence-electron chi connectivity index (χ1n) is 5.75. The summed E-state index contributed by atoms with van der Waals surface area (Å²) in [5.74, 6) is 1.37. The van der Waals surface area contributed by atoms with Crippen LogP contribution in [0.5, 0.6) is 11.5 Å². The van der Waals surface area contributed by atoms with Gasteiger partial charge >= 0.3 is 0 Å². The monoisotopic (exact) mass is 244 g/mol. The Labute approximate surface area is 106 Å². The van der Waals surface area contributed by atoms with Crippen molar-refractivity contribution >= 4 is 5.69 Å². The Morgan fingerprint density at radius 1 is 1.11 bits per heavy atom. The van der Waals surface area contributed by atoms with Gasteiger partial charge in [0.1, 0.15) is 0 Å². The van der Waals surface area contributed by atoms with Crippen LogP contribution < -0.4 is 15.2 Å². The first-order valence-corrected chi connectivity index (χ1v) is 5.75. The molecule has 0 radical (unpaired) electrons. The molecule has 0 fully saturated rings. The average molecular weight is 244 g/mol. The number of benzene rings is 1. The van der Waals surface area contributed by atoms with Crippen molar-refractivity contribution in [1.29, 1.82) is 0 Å². The Morgan fingerprint density at radius 2 is 1.89 bits per heavy atom. The quantitative estimate of drug-likeness (QED) is 0.820. The van der Waals surface area contributed by atoms with Crippen molar-refractivity contribution < 1.29 is 9.47 Å². The molecule has 18 heavy (non-hydrogen) atoms. The molecule has 0 aliphatic rings. The number of nitrogens with two attached hydrogens (primary N) is 1. The van der Waals surface area contributed by atoms with Gasteiger partial charge in [-0.1, -0.05) is 0 Å². The first kappa shape index (κ1) is 12.2. The molecule has 1 aromatic heterocycles. The Morgan fingerprint density at radius 3 is 2.61 bits per heavy atom. The van der Waals surface area contributed by atoms with Crippen LogP contribution in [0.4, 0.5) is 5.69 Å². The molecule has 1 heterocycles. The predicted octanol–water partition coefficient (Wildman–Crippen LogP) is 2.29. The summed E-state index contributed by atoms with van der Waals surface area (Å²) in [6.45, 7) is 0.573. The number of nitrogen functional groups attached to an aromatic ring is 1. The van der Waals surface area contributed by atoms with Gasteiger partial charge in [-0.05, 0) is 29.8 Å². The number of nitrogens with zero attached hydrogens (tertiary/aromatic N) is 1. The minimum Gasteiger partial charge on any atom is -0.493 e. The van der Waals surface area contributed by atoms with Crippen LogP contribution in [0.2, 0.25) is 0 Å². The molecule has 0 saturated heterocycles. The predicted molar refractivity (Wildman–Crippen MR) is 70.8 cm³/mol. The van der Waals surface area contributed by atoms with E-state index >= 15 is 0 Å². The molecule has 0 spiro atoms. The molecule has 4 heteroatoms. The number of ether oxygens (including phenoxy) is 2. The highest BCUT2D eigenvalue weighted by Crippen LogP contribution is 2.28. The van der Waals surface area contributed by atoms with E-state index in [9.17, 15) is 0 Å². The molecule has 94 valence electrons. The third kappa shape index (κ3) is 3.13. The lowest BCUT2D eigenvalue weighted by atomic mass is 10.2. The van der Waals surface area contributed by atoms with Crippen molar-refractivity contribution in [2.45, 2.75) is 6.42 Å². The number of hydrogen-bond donors (Lipinski definition) is 1. The van der Waals surface area contributed by atoms with Crippen LogP contribution in [-0.4, -0.2) is 18.7 Å². The maximum Gasteiger partial charge on any atom is 0.163 e. The van der Waals surface area contributed by atoms with E-state index in [1.807, 2.05) is 12.1 Å². The van der Waals surface area contributed by atoms with Gasteiger partial charge in [-0.15, -0.1) is 0 Å². The van der Waals surface area contributed by atoms with Gasteiger partial charge < -0.3 is 15.2 Å². The lowest BCUT2D eigenvalue weighted by Crippen LogP contribution is -2.03. The van der Waals surface area contributed by atoms with E-state index in [0.29, 0.717) is 23.8 Å². The number of aromatic nitrogens is 1. The van der Waals surface area contributed by atoms with Gasteiger partial charge in [0.25, 0.3) is 0 Å². The summed E-state index contributed by atoms with van der Waals surface area (Å²) in [6, 6.07) is 9.30. The fourth-order valence-electron chi connectivity index (χ4n) is 1.63. The van der Waals surface area contributed by atoms with Gasteiger partial charge in [0.05, 0.1) is 13.7 Å². The Hall–Kier alpha value is -2.23. The summed E-state index contributed by atoms with van der Waals surface area (Å²) < 4.78 is 10.9. The van der Waals surface area contributed by atoms with Crippen molar-refractivity contribution in [2.24, 2.45) is 0 Å². The van der Waals surface area contributed by atoms with E-state index in [-0.39, 0.29) is 0 Å². The molecule has 2 rings (SSSR count). The van der Waals surface area contributed by atoms with Crippen LogP contribution in [0.15, 0.2) is 42.7 Å². The number of anilines is 1. The molecule has 1 aromatic carbocycles. The van der Waals surface area contributed by atoms with Gasteiger partial charge in [0.15, 0.2) is 11.5 Å². The number of methoxy groups -OCH3 is 1. The topological polar surface area (TPSA) is 57.4 Å². The second-order valence-corrected chi connectivity index (χ2v) is 3.86. The maximum absolute atomic E-state index is 5.72. The molecular formula is C14H16N2O2. The molecular weight excluding hydrogens is 228 g/mol. The molecule has 2 N–H and O–H groups in total. The van der Waals surface area contributed by atoms with Crippen molar-refractivity contribution in [1.82, 2.24) is 4.98 Å². The number of rotatable bonds is 5. The lowest BCUT2D eigenvalue weighted by Gasteiger charge is -2.11. The van der Waals surface area contributed by atoms with E-state index in [0.717, 1.165) is 6.42 Å². The van der Waals surface area contributed by atoms with Crippen LogP contribution >= 0.6 is 0 Å². The third-order valence-electron chi connectivity index (χ3n) is 2.59. The molecule has 0 aliphatic heterocycles. The molecule has 0 bridgehead atoms. The fourth-order valence-corrected chi connectivity index (χ4v) is 1.63. The highest BCUT2D eigenvalue weighted by Gasteiger charge is 2.04. The van der Waals surface area contributed by atoms with Gasteiger partial charge in [-0.25, -0.2) is 0 Å². The Bertz CT molecular complexity index is 500. The second kappa shape index (κ2) is 5.91. The van der Waals surface area contributed by atoms with Crippen LogP contribution in [0, 0.1) is 0 Å². The van der Waals surface area contributed by atoms with Crippen LogP contribution in [0.1, 0.15) is 5.56 Å². The normalized spacial score (nSPS) is 10.1. The largest absolute Gasteiger partial charge is 0.493 e. The van der Waals surface area contributed by atoms with E-state index in [2.05, 4.69) is 4.98 Å². The number of hydrogen-bond acceptors (Lipinski definition) is 4. The molecule has 2 aromatic rings. The van der Waals surface area contributed by atoms with Gasteiger partial charge in [0, 0.05) is 30.6 Å². The van der Waals surface area contributed by atoms with Gasteiger partial charge in [-0.3, -0.25) is 4.98 Å². The zero-order valence-corrected chi connectivity index (χ0v) is 10.3. The third-order valence-corrected chi connectivity index (χ3v) is 2.59. The molecule has 0 saturated carbocycles. The maximum atomic E-state index is 5.72. The first-order chi connectivity index (χ1) is 8.79. The SMILES string of the molecule is COc1ccc(N)cc1OCCc1ccncc1. The Kier molecular flexibility index (Phi) is 4.02. The fraction of sp³-hybridized carbons (Fsp3) is 0.214. The Balaban J connectivity index is 1.96. The summed E-state index contributed by atoms with van der Waals surface area (Å²) in [7, 11) is 1.61. The van der Waals surface area contributed by atoms with Gasteiger partial charge in [0.2, 0.25) is 0 Å². The van der Waals surface area contributed by atoms with Crippen molar-refractivity contribution in [3.05, 3.63) is 48.3 Å². The molecule has 0 amide bonds. The molecule has 4 nitrogen and oxygen atoms in total. The lowest BCUT2D eigenvalue weighted by molar-refractivity contribution is 0.298. The highest BCUT2D eigenvalue weighted by molar-refractivity contribution is 5.51. The molecule has 0 unspecified atom stereocenters. The number of pyridine rings is 1.